The molecular weight excluding hydrogens is 829 g/mol. The summed E-state index contributed by atoms with van der Waals surface area (Å²) in [6.45, 7) is 19.0. The maximum Gasteiger partial charge on any atom is 0.0159 e. The quantitative estimate of drug-likeness (QED) is 0.155. The first-order valence-electron chi connectivity index (χ1n) is 24.9. The molecule has 0 aliphatic heterocycles. The Kier molecular flexibility index (Phi) is 8.10. The summed E-state index contributed by atoms with van der Waals surface area (Å²) < 4.78 is 0. The van der Waals surface area contributed by atoms with Gasteiger partial charge in [0.15, 0.2) is 0 Å². The van der Waals surface area contributed by atoms with Crippen molar-refractivity contribution in [1.82, 2.24) is 0 Å². The topological polar surface area (TPSA) is 0 Å². The van der Waals surface area contributed by atoms with E-state index in [1.807, 2.05) is 0 Å². The zero-order valence-corrected chi connectivity index (χ0v) is 40.8. The Balaban J connectivity index is 1.15. The molecule has 0 aromatic heterocycles. The molecule has 330 valence electrons. The maximum absolute atomic E-state index is 2.56. The molecule has 0 unspecified atom stereocenters. The molecule has 0 saturated carbocycles. The Labute approximate surface area is 404 Å². The van der Waals surface area contributed by atoms with Gasteiger partial charge in [0.1, 0.15) is 0 Å². The molecule has 13 aromatic rings. The zero-order valence-electron chi connectivity index (χ0n) is 40.8. The average Bonchev–Trinajstić information content (AvgIpc) is 3.94. The third-order valence-corrected chi connectivity index (χ3v) is 16.4. The van der Waals surface area contributed by atoms with E-state index in [1.165, 1.54) is 153 Å². The SMILES string of the molecule is CC(C)(C)c1ccc2c(c1)C(C)(C)c1cc(C(C)(C)C)cc(-c3ccc4c(c3)cc3c5c(-c6ccccc6)c6c(cc7c8ccccc8c8cccc6c87)c(-c6ccccc6)c5c5cccc4c53)c1-2. The van der Waals surface area contributed by atoms with Crippen molar-refractivity contribution in [2.24, 2.45) is 0 Å². The molecule has 1 aliphatic rings. The monoisotopic (exact) mass is 882 g/mol. The van der Waals surface area contributed by atoms with Crippen LogP contribution in [-0.2, 0) is 16.2 Å². The van der Waals surface area contributed by atoms with Crippen LogP contribution in [0, 0.1) is 0 Å². The van der Waals surface area contributed by atoms with Gasteiger partial charge in [-0.3, -0.25) is 0 Å². The van der Waals surface area contributed by atoms with Crippen molar-refractivity contribution >= 4 is 86.2 Å². The van der Waals surface area contributed by atoms with Gasteiger partial charge >= 0.3 is 0 Å². The van der Waals surface area contributed by atoms with Crippen LogP contribution in [0.3, 0.4) is 0 Å². The van der Waals surface area contributed by atoms with Crippen LogP contribution >= 0.6 is 0 Å². The molecule has 0 saturated heterocycles. The molecule has 0 radical (unpaired) electrons. The van der Waals surface area contributed by atoms with Gasteiger partial charge in [-0.1, -0.05) is 213 Å². The number of hydrogen-bond donors (Lipinski definition) is 0. The summed E-state index contributed by atoms with van der Waals surface area (Å²) in [6, 6.07) is 70.3. The predicted molar refractivity (Wildman–Crippen MR) is 300 cm³/mol. The molecule has 1 aliphatic carbocycles. The second kappa shape index (κ2) is 13.8. The van der Waals surface area contributed by atoms with Crippen LogP contribution in [0.2, 0.25) is 0 Å². The van der Waals surface area contributed by atoms with E-state index in [1.54, 1.807) is 0 Å². The summed E-state index contributed by atoms with van der Waals surface area (Å²) >= 11 is 0. The third kappa shape index (κ3) is 5.52. The average molecular weight is 883 g/mol. The summed E-state index contributed by atoms with van der Waals surface area (Å²) in [7, 11) is 0. The molecule has 14 rings (SSSR count). The van der Waals surface area contributed by atoms with Crippen molar-refractivity contribution in [2.75, 3.05) is 0 Å². The van der Waals surface area contributed by atoms with Gasteiger partial charge in [0.2, 0.25) is 0 Å². The van der Waals surface area contributed by atoms with E-state index in [2.05, 4.69) is 237 Å². The highest BCUT2D eigenvalue weighted by molar-refractivity contribution is 6.46. The second-order valence-electron chi connectivity index (χ2n) is 22.8. The highest BCUT2D eigenvalue weighted by Gasteiger charge is 2.39. The van der Waals surface area contributed by atoms with E-state index >= 15 is 0 Å². The highest BCUT2D eigenvalue weighted by atomic mass is 14.4. The van der Waals surface area contributed by atoms with Gasteiger partial charge in [0, 0.05) is 5.41 Å². The summed E-state index contributed by atoms with van der Waals surface area (Å²) in [5, 5.41) is 21.1. The fourth-order valence-electron chi connectivity index (χ4n) is 13.0. The summed E-state index contributed by atoms with van der Waals surface area (Å²) in [6.07, 6.45) is 0. The Morgan fingerprint density at radius 3 is 1.52 bits per heavy atom. The lowest BCUT2D eigenvalue weighted by Gasteiger charge is -2.27. The first kappa shape index (κ1) is 40.5. The zero-order chi connectivity index (χ0) is 46.9. The van der Waals surface area contributed by atoms with E-state index in [-0.39, 0.29) is 16.2 Å². The Bertz CT molecular complexity index is 4300. The van der Waals surface area contributed by atoms with Gasteiger partial charge in [-0.15, -0.1) is 0 Å². The van der Waals surface area contributed by atoms with Crippen molar-refractivity contribution in [2.45, 2.75) is 71.6 Å². The van der Waals surface area contributed by atoms with E-state index in [4.69, 9.17) is 0 Å². The number of rotatable bonds is 3. The molecule has 0 fully saturated rings. The summed E-state index contributed by atoms with van der Waals surface area (Å²) in [5.74, 6) is 0. The van der Waals surface area contributed by atoms with Gasteiger partial charge < -0.3 is 0 Å². The predicted octanol–water partition coefficient (Wildman–Crippen LogP) is 19.7. The minimum absolute atomic E-state index is 0.0225. The lowest BCUT2D eigenvalue weighted by Crippen LogP contribution is -2.19. The van der Waals surface area contributed by atoms with E-state index in [9.17, 15) is 0 Å². The van der Waals surface area contributed by atoms with Crippen LogP contribution in [-0.4, -0.2) is 0 Å². The van der Waals surface area contributed by atoms with E-state index in [0.717, 1.165) is 0 Å². The fourth-order valence-corrected chi connectivity index (χ4v) is 13.0. The van der Waals surface area contributed by atoms with E-state index < -0.39 is 0 Å². The maximum atomic E-state index is 2.56. The highest BCUT2D eigenvalue weighted by Crippen LogP contribution is 2.57. The molecule has 0 heteroatoms. The number of benzene rings is 11. The van der Waals surface area contributed by atoms with Crippen molar-refractivity contribution in [1.29, 1.82) is 0 Å². The number of hydrogen-bond acceptors (Lipinski definition) is 0. The van der Waals surface area contributed by atoms with Crippen LogP contribution in [0.5, 0.6) is 0 Å². The molecule has 0 nitrogen and oxygen atoms in total. The largest absolute Gasteiger partial charge is 0.0622 e. The van der Waals surface area contributed by atoms with Crippen molar-refractivity contribution < 1.29 is 0 Å². The Morgan fingerprint density at radius 2 is 0.841 bits per heavy atom. The Morgan fingerprint density at radius 1 is 0.290 bits per heavy atom. The van der Waals surface area contributed by atoms with Crippen molar-refractivity contribution in [3.63, 3.8) is 0 Å². The normalized spacial score (nSPS) is 13.9. The lowest BCUT2D eigenvalue weighted by atomic mass is 9.76. The third-order valence-electron chi connectivity index (χ3n) is 16.4. The molecule has 0 spiro atoms. The van der Waals surface area contributed by atoms with Gasteiger partial charge in [-0.05, 0) is 188 Å². The Hall–Kier alpha value is -7.54. The van der Waals surface area contributed by atoms with Crippen molar-refractivity contribution in [3.8, 4) is 44.5 Å². The first-order chi connectivity index (χ1) is 33.3. The summed E-state index contributed by atoms with van der Waals surface area (Å²) in [5.41, 5.74) is 16.0. The molecule has 69 heavy (non-hydrogen) atoms. The minimum atomic E-state index is -0.137. The summed E-state index contributed by atoms with van der Waals surface area (Å²) in [4.78, 5) is 0. The van der Waals surface area contributed by atoms with Crippen LogP contribution in [0.4, 0.5) is 0 Å². The second-order valence-corrected chi connectivity index (χ2v) is 22.8. The van der Waals surface area contributed by atoms with Crippen molar-refractivity contribution in [3.05, 3.63) is 204 Å². The molecule has 0 N–H and O–H groups in total. The smallest absolute Gasteiger partial charge is 0.0159 e. The van der Waals surface area contributed by atoms with Crippen LogP contribution in [0.15, 0.2) is 182 Å². The van der Waals surface area contributed by atoms with Crippen LogP contribution < -0.4 is 0 Å². The minimum Gasteiger partial charge on any atom is -0.0622 e. The van der Waals surface area contributed by atoms with Gasteiger partial charge in [0.05, 0.1) is 0 Å². The fraction of sp³-hybridized carbons (Fsp3) is 0.159. The lowest BCUT2D eigenvalue weighted by molar-refractivity contribution is 0.580. The van der Waals surface area contributed by atoms with Gasteiger partial charge in [-0.25, -0.2) is 0 Å². The molecule has 0 atom stereocenters. The van der Waals surface area contributed by atoms with Gasteiger partial charge in [-0.2, -0.15) is 0 Å². The first-order valence-corrected chi connectivity index (χ1v) is 24.9. The number of fused-ring (bicyclic) bond motifs is 13. The van der Waals surface area contributed by atoms with Gasteiger partial charge in [0.25, 0.3) is 0 Å². The van der Waals surface area contributed by atoms with Crippen LogP contribution in [0.25, 0.3) is 131 Å². The molecular formula is C69H54. The molecule has 13 aromatic carbocycles. The molecule has 0 heterocycles. The standard InChI is InChI=1S/C69H54/c1-67(2,3)43-30-32-50-57(36-43)69(7,8)58-37-44(68(4,5)6)35-53(63(50)58)41-29-31-45-42(33-41)34-55-62-48(45)25-17-28-52(62)65-59(39-19-11-9-12-20-39)56-38-54-47-24-16-15-23-46(47)49-26-18-27-51(61(49)54)64(56)60(66(55)65)40-21-13-10-14-22-40/h9-38H,1-8H3. The van der Waals surface area contributed by atoms with Crippen LogP contribution in [0.1, 0.15) is 77.6 Å². The molecule has 0 bridgehead atoms. The molecule has 0 amide bonds. The van der Waals surface area contributed by atoms with E-state index in [0.29, 0.717) is 0 Å².